The van der Waals surface area contributed by atoms with Crippen molar-refractivity contribution in [1.82, 2.24) is 30.4 Å². The standard InChI is InChI=1S/C24H27N7O/c1-4-25-24(28-15-21-16-32-23(29-21)20-8-6-5-7-9-20)27-14-19-10-11-22(26-13-19)31-18(3)12-17(2)30-31/h5-13,16H,4,14-15H2,1-3H3,(H2,25,27,28). The van der Waals surface area contributed by atoms with Gasteiger partial charge in [0.2, 0.25) is 5.89 Å². The summed E-state index contributed by atoms with van der Waals surface area (Å²) in [5, 5.41) is 11.0. The predicted molar refractivity (Wildman–Crippen MR) is 124 cm³/mol. The number of hydrogen-bond donors (Lipinski definition) is 2. The Bertz CT molecular complexity index is 1180. The monoisotopic (exact) mass is 429 g/mol. The zero-order valence-corrected chi connectivity index (χ0v) is 18.5. The Hall–Kier alpha value is -3.94. The van der Waals surface area contributed by atoms with E-state index in [0.717, 1.165) is 40.6 Å². The molecule has 0 bridgehead atoms. The molecule has 4 rings (SSSR count). The summed E-state index contributed by atoms with van der Waals surface area (Å²) >= 11 is 0. The third kappa shape index (κ3) is 5.21. The molecule has 1 aromatic carbocycles. The second-order valence-corrected chi connectivity index (χ2v) is 7.42. The van der Waals surface area contributed by atoms with E-state index in [-0.39, 0.29) is 0 Å². The minimum Gasteiger partial charge on any atom is -0.444 e. The van der Waals surface area contributed by atoms with Gasteiger partial charge < -0.3 is 15.1 Å². The second-order valence-electron chi connectivity index (χ2n) is 7.42. The predicted octanol–water partition coefficient (Wildman–Crippen LogP) is 3.79. The highest BCUT2D eigenvalue weighted by Crippen LogP contribution is 2.17. The molecule has 3 aromatic heterocycles. The number of hydrogen-bond acceptors (Lipinski definition) is 5. The first-order valence-corrected chi connectivity index (χ1v) is 10.6. The quantitative estimate of drug-likeness (QED) is 0.343. The molecule has 0 aliphatic heterocycles. The van der Waals surface area contributed by atoms with E-state index in [1.807, 2.05) is 80.2 Å². The van der Waals surface area contributed by atoms with Crippen molar-refractivity contribution in [3.8, 4) is 17.3 Å². The number of pyridine rings is 1. The number of nitrogens with zero attached hydrogens (tertiary/aromatic N) is 5. The van der Waals surface area contributed by atoms with Crippen LogP contribution in [0.5, 0.6) is 0 Å². The van der Waals surface area contributed by atoms with Crippen LogP contribution in [0.15, 0.2) is 70.4 Å². The molecule has 0 spiro atoms. The molecule has 0 saturated heterocycles. The zero-order valence-electron chi connectivity index (χ0n) is 18.5. The molecule has 8 nitrogen and oxygen atoms in total. The summed E-state index contributed by atoms with van der Waals surface area (Å²) in [6, 6.07) is 15.9. The van der Waals surface area contributed by atoms with Gasteiger partial charge in [-0.05, 0) is 50.6 Å². The van der Waals surface area contributed by atoms with Crippen molar-refractivity contribution >= 4 is 5.96 Å². The highest BCUT2D eigenvalue weighted by molar-refractivity contribution is 5.79. The van der Waals surface area contributed by atoms with Gasteiger partial charge in [0.1, 0.15) is 6.26 Å². The maximum Gasteiger partial charge on any atom is 0.226 e. The minimum atomic E-state index is 0.508. The SMILES string of the molecule is CCNC(=NCc1ccc(-n2nc(C)cc2C)nc1)NCc1coc(-c2ccccc2)n1. The summed E-state index contributed by atoms with van der Waals surface area (Å²) in [5.74, 6) is 2.12. The minimum absolute atomic E-state index is 0.508. The van der Waals surface area contributed by atoms with Gasteiger partial charge >= 0.3 is 0 Å². The van der Waals surface area contributed by atoms with E-state index in [0.29, 0.717) is 24.9 Å². The summed E-state index contributed by atoms with van der Waals surface area (Å²) in [7, 11) is 0. The molecule has 0 unspecified atom stereocenters. The maximum absolute atomic E-state index is 5.60. The van der Waals surface area contributed by atoms with Crippen LogP contribution in [0.25, 0.3) is 17.3 Å². The van der Waals surface area contributed by atoms with Gasteiger partial charge in [0.15, 0.2) is 11.8 Å². The van der Waals surface area contributed by atoms with E-state index in [1.165, 1.54) is 0 Å². The summed E-state index contributed by atoms with van der Waals surface area (Å²) in [5.41, 5.74) is 4.81. The number of oxazole rings is 1. The van der Waals surface area contributed by atoms with E-state index < -0.39 is 0 Å². The number of aromatic nitrogens is 4. The van der Waals surface area contributed by atoms with E-state index in [2.05, 4.69) is 30.7 Å². The Morgan fingerprint density at radius 1 is 1.09 bits per heavy atom. The van der Waals surface area contributed by atoms with Crippen molar-refractivity contribution in [1.29, 1.82) is 0 Å². The van der Waals surface area contributed by atoms with Gasteiger partial charge in [-0.25, -0.2) is 19.6 Å². The van der Waals surface area contributed by atoms with Gasteiger partial charge in [0.05, 0.1) is 24.5 Å². The number of aryl methyl sites for hydroxylation is 2. The largest absolute Gasteiger partial charge is 0.444 e. The fourth-order valence-corrected chi connectivity index (χ4v) is 3.28. The summed E-state index contributed by atoms with van der Waals surface area (Å²) in [6.45, 7) is 7.81. The first-order valence-electron chi connectivity index (χ1n) is 10.6. The Balaban J connectivity index is 1.38. The molecule has 3 heterocycles. The van der Waals surface area contributed by atoms with Crippen LogP contribution in [0.2, 0.25) is 0 Å². The van der Waals surface area contributed by atoms with Gasteiger partial charge in [-0.1, -0.05) is 24.3 Å². The average Bonchev–Trinajstić information content (AvgIpc) is 3.42. The lowest BCUT2D eigenvalue weighted by Crippen LogP contribution is -2.36. The Kier molecular flexibility index (Phi) is 6.60. The summed E-state index contributed by atoms with van der Waals surface area (Å²) < 4.78 is 7.45. The van der Waals surface area contributed by atoms with Crippen LogP contribution >= 0.6 is 0 Å². The first-order chi connectivity index (χ1) is 15.6. The molecule has 0 aliphatic carbocycles. The molecular weight excluding hydrogens is 402 g/mol. The summed E-state index contributed by atoms with van der Waals surface area (Å²) in [6.07, 6.45) is 3.50. The van der Waals surface area contributed by atoms with E-state index in [1.54, 1.807) is 6.26 Å². The van der Waals surface area contributed by atoms with Crippen molar-refractivity contribution in [3.05, 3.63) is 83.6 Å². The molecule has 164 valence electrons. The first kappa shape index (κ1) is 21.3. The lowest BCUT2D eigenvalue weighted by atomic mass is 10.2. The normalized spacial score (nSPS) is 11.5. The molecule has 0 radical (unpaired) electrons. The molecule has 0 saturated carbocycles. The number of nitrogens with one attached hydrogen (secondary N) is 2. The molecule has 4 aromatic rings. The molecular formula is C24H27N7O. The van der Waals surface area contributed by atoms with Crippen LogP contribution in [0.4, 0.5) is 0 Å². The van der Waals surface area contributed by atoms with Crippen LogP contribution in [0.1, 0.15) is 29.6 Å². The van der Waals surface area contributed by atoms with Gasteiger partial charge in [-0.3, -0.25) is 0 Å². The van der Waals surface area contributed by atoms with E-state index in [9.17, 15) is 0 Å². The third-order valence-corrected chi connectivity index (χ3v) is 4.81. The fraction of sp³-hybridized carbons (Fsp3) is 0.250. The molecule has 0 fully saturated rings. The second kappa shape index (κ2) is 9.91. The highest BCUT2D eigenvalue weighted by Gasteiger charge is 2.08. The van der Waals surface area contributed by atoms with Crippen LogP contribution < -0.4 is 10.6 Å². The van der Waals surface area contributed by atoms with Crippen molar-refractivity contribution in [2.45, 2.75) is 33.9 Å². The number of rotatable bonds is 7. The van der Waals surface area contributed by atoms with Crippen molar-refractivity contribution in [2.75, 3.05) is 6.54 Å². The number of guanidine groups is 1. The topological polar surface area (TPSA) is 93.2 Å². The van der Waals surface area contributed by atoms with Crippen LogP contribution in [-0.4, -0.2) is 32.3 Å². The van der Waals surface area contributed by atoms with Crippen LogP contribution in [0, 0.1) is 13.8 Å². The molecule has 2 N–H and O–H groups in total. The van der Waals surface area contributed by atoms with Crippen molar-refractivity contribution in [3.63, 3.8) is 0 Å². The number of aliphatic imine (C=N–C) groups is 1. The molecule has 0 aliphatic rings. The van der Waals surface area contributed by atoms with Crippen LogP contribution in [0.3, 0.4) is 0 Å². The highest BCUT2D eigenvalue weighted by atomic mass is 16.3. The number of benzene rings is 1. The van der Waals surface area contributed by atoms with E-state index >= 15 is 0 Å². The molecule has 8 heteroatoms. The van der Waals surface area contributed by atoms with Gasteiger partial charge in [0, 0.05) is 24.0 Å². The molecule has 32 heavy (non-hydrogen) atoms. The van der Waals surface area contributed by atoms with Gasteiger partial charge in [0.25, 0.3) is 0 Å². The lowest BCUT2D eigenvalue weighted by Gasteiger charge is -2.10. The Morgan fingerprint density at radius 2 is 1.94 bits per heavy atom. The maximum atomic E-state index is 5.60. The average molecular weight is 430 g/mol. The van der Waals surface area contributed by atoms with Crippen molar-refractivity contribution < 1.29 is 4.42 Å². The Labute approximate surface area is 187 Å². The van der Waals surface area contributed by atoms with Crippen molar-refractivity contribution in [2.24, 2.45) is 4.99 Å². The summed E-state index contributed by atoms with van der Waals surface area (Å²) in [4.78, 5) is 13.7. The Morgan fingerprint density at radius 3 is 2.62 bits per heavy atom. The van der Waals surface area contributed by atoms with Gasteiger partial charge in [-0.15, -0.1) is 0 Å². The smallest absolute Gasteiger partial charge is 0.226 e. The fourth-order valence-electron chi connectivity index (χ4n) is 3.28. The zero-order chi connectivity index (χ0) is 22.3. The lowest BCUT2D eigenvalue weighted by molar-refractivity contribution is 0.572. The molecule has 0 amide bonds. The van der Waals surface area contributed by atoms with Gasteiger partial charge in [-0.2, -0.15) is 5.10 Å². The van der Waals surface area contributed by atoms with Crippen LogP contribution in [-0.2, 0) is 13.1 Å². The van der Waals surface area contributed by atoms with E-state index in [4.69, 9.17) is 4.42 Å². The third-order valence-electron chi connectivity index (χ3n) is 4.81. The molecule has 0 atom stereocenters.